The SMILES string of the molecule is CC[C@@H](C)Oc1c(C)cc(Br)cc1C. The molecule has 0 saturated carbocycles. The summed E-state index contributed by atoms with van der Waals surface area (Å²) in [5.74, 6) is 1.03. The van der Waals surface area contributed by atoms with Crippen LogP contribution in [0.5, 0.6) is 5.75 Å². The third-order valence-electron chi connectivity index (χ3n) is 2.32. The molecule has 1 rings (SSSR count). The van der Waals surface area contributed by atoms with Gasteiger partial charge in [0.2, 0.25) is 0 Å². The number of rotatable bonds is 3. The van der Waals surface area contributed by atoms with Crippen LogP contribution in [-0.4, -0.2) is 6.10 Å². The van der Waals surface area contributed by atoms with Crippen LogP contribution in [0.2, 0.25) is 0 Å². The van der Waals surface area contributed by atoms with E-state index in [0.717, 1.165) is 16.6 Å². The van der Waals surface area contributed by atoms with Gasteiger partial charge in [-0.1, -0.05) is 22.9 Å². The van der Waals surface area contributed by atoms with Crippen molar-refractivity contribution < 1.29 is 4.74 Å². The molecule has 0 aliphatic heterocycles. The summed E-state index contributed by atoms with van der Waals surface area (Å²) in [5, 5.41) is 0. The summed E-state index contributed by atoms with van der Waals surface area (Å²) < 4.78 is 6.97. The molecule has 1 aromatic rings. The van der Waals surface area contributed by atoms with Crippen LogP contribution >= 0.6 is 15.9 Å². The van der Waals surface area contributed by atoms with Gasteiger partial charge in [-0.3, -0.25) is 0 Å². The number of ether oxygens (including phenoxy) is 1. The molecule has 14 heavy (non-hydrogen) atoms. The molecular formula is C12H17BrO. The van der Waals surface area contributed by atoms with Gasteiger partial charge in [-0.25, -0.2) is 0 Å². The lowest BCUT2D eigenvalue weighted by molar-refractivity contribution is 0.214. The van der Waals surface area contributed by atoms with Gasteiger partial charge >= 0.3 is 0 Å². The van der Waals surface area contributed by atoms with E-state index in [1.54, 1.807) is 0 Å². The maximum absolute atomic E-state index is 5.86. The maximum Gasteiger partial charge on any atom is 0.125 e. The minimum Gasteiger partial charge on any atom is -0.490 e. The van der Waals surface area contributed by atoms with E-state index in [-0.39, 0.29) is 6.10 Å². The van der Waals surface area contributed by atoms with Gasteiger partial charge in [0, 0.05) is 4.47 Å². The Bertz CT molecular complexity index is 297. The molecular weight excluding hydrogens is 240 g/mol. The smallest absolute Gasteiger partial charge is 0.125 e. The van der Waals surface area contributed by atoms with Crippen LogP contribution in [0.15, 0.2) is 16.6 Å². The predicted octanol–water partition coefficient (Wildman–Crippen LogP) is 4.24. The predicted molar refractivity (Wildman–Crippen MR) is 64.0 cm³/mol. The molecule has 0 amide bonds. The fourth-order valence-corrected chi connectivity index (χ4v) is 2.05. The van der Waals surface area contributed by atoms with Gasteiger partial charge in [0.05, 0.1) is 6.10 Å². The van der Waals surface area contributed by atoms with Gasteiger partial charge in [0.15, 0.2) is 0 Å². The Balaban J connectivity index is 2.96. The first-order valence-electron chi connectivity index (χ1n) is 4.98. The topological polar surface area (TPSA) is 9.23 Å². The number of aryl methyl sites for hydroxylation is 2. The molecule has 2 heteroatoms. The van der Waals surface area contributed by atoms with Crippen molar-refractivity contribution in [1.82, 2.24) is 0 Å². The summed E-state index contributed by atoms with van der Waals surface area (Å²) in [7, 11) is 0. The number of benzene rings is 1. The summed E-state index contributed by atoms with van der Waals surface area (Å²) in [6, 6.07) is 4.18. The van der Waals surface area contributed by atoms with E-state index in [2.05, 4.69) is 55.8 Å². The van der Waals surface area contributed by atoms with Crippen molar-refractivity contribution in [3.8, 4) is 5.75 Å². The van der Waals surface area contributed by atoms with Crippen molar-refractivity contribution >= 4 is 15.9 Å². The first kappa shape index (κ1) is 11.6. The van der Waals surface area contributed by atoms with Gasteiger partial charge in [0.1, 0.15) is 5.75 Å². The lowest BCUT2D eigenvalue weighted by atomic mass is 10.1. The third-order valence-corrected chi connectivity index (χ3v) is 2.78. The highest BCUT2D eigenvalue weighted by atomic mass is 79.9. The van der Waals surface area contributed by atoms with Crippen LogP contribution in [0.25, 0.3) is 0 Å². The molecule has 0 fully saturated rings. The van der Waals surface area contributed by atoms with Crippen molar-refractivity contribution in [3.05, 3.63) is 27.7 Å². The summed E-state index contributed by atoms with van der Waals surface area (Å²) >= 11 is 3.47. The Hall–Kier alpha value is -0.500. The molecule has 0 spiro atoms. The van der Waals surface area contributed by atoms with Crippen molar-refractivity contribution in [1.29, 1.82) is 0 Å². The standard InChI is InChI=1S/C12H17BrO/c1-5-10(4)14-12-8(2)6-11(13)7-9(12)3/h6-7,10H,5H2,1-4H3/t10-/m1/s1. The number of hydrogen-bond acceptors (Lipinski definition) is 1. The fourth-order valence-electron chi connectivity index (χ4n) is 1.37. The second kappa shape index (κ2) is 4.83. The van der Waals surface area contributed by atoms with Crippen LogP contribution in [-0.2, 0) is 0 Å². The van der Waals surface area contributed by atoms with Crippen LogP contribution in [0.4, 0.5) is 0 Å². The van der Waals surface area contributed by atoms with Gasteiger partial charge in [-0.2, -0.15) is 0 Å². The van der Waals surface area contributed by atoms with Crippen LogP contribution in [0.3, 0.4) is 0 Å². The number of hydrogen-bond donors (Lipinski definition) is 0. The molecule has 0 unspecified atom stereocenters. The Labute approximate surface area is 94.6 Å². The zero-order valence-electron chi connectivity index (χ0n) is 9.23. The maximum atomic E-state index is 5.86. The Kier molecular flexibility index (Phi) is 3.99. The largest absolute Gasteiger partial charge is 0.490 e. The first-order chi connectivity index (χ1) is 6.54. The molecule has 0 aliphatic rings. The molecule has 1 aromatic carbocycles. The van der Waals surface area contributed by atoms with Crippen molar-refractivity contribution in [2.75, 3.05) is 0 Å². The average molecular weight is 257 g/mol. The van der Waals surface area contributed by atoms with Crippen LogP contribution < -0.4 is 4.74 Å². The molecule has 0 aliphatic carbocycles. The highest BCUT2D eigenvalue weighted by molar-refractivity contribution is 9.10. The molecule has 0 N–H and O–H groups in total. The fraction of sp³-hybridized carbons (Fsp3) is 0.500. The van der Waals surface area contributed by atoms with Crippen molar-refractivity contribution in [3.63, 3.8) is 0 Å². The Morgan fingerprint density at radius 2 is 1.79 bits per heavy atom. The van der Waals surface area contributed by atoms with Gasteiger partial charge in [-0.05, 0) is 50.5 Å². The van der Waals surface area contributed by atoms with E-state index in [1.165, 1.54) is 11.1 Å². The van der Waals surface area contributed by atoms with Crippen LogP contribution in [0, 0.1) is 13.8 Å². The van der Waals surface area contributed by atoms with Crippen molar-refractivity contribution in [2.24, 2.45) is 0 Å². The molecule has 0 aromatic heterocycles. The van der Waals surface area contributed by atoms with E-state index >= 15 is 0 Å². The minimum atomic E-state index is 0.286. The molecule has 1 atom stereocenters. The molecule has 78 valence electrons. The monoisotopic (exact) mass is 256 g/mol. The molecule has 0 heterocycles. The zero-order chi connectivity index (χ0) is 10.7. The quantitative estimate of drug-likeness (QED) is 0.786. The summed E-state index contributed by atoms with van der Waals surface area (Å²) in [6.45, 7) is 8.39. The highest BCUT2D eigenvalue weighted by Crippen LogP contribution is 2.28. The lowest BCUT2D eigenvalue weighted by Crippen LogP contribution is -2.11. The van der Waals surface area contributed by atoms with Gasteiger partial charge < -0.3 is 4.74 Å². The van der Waals surface area contributed by atoms with Gasteiger partial charge in [-0.15, -0.1) is 0 Å². The minimum absolute atomic E-state index is 0.286. The summed E-state index contributed by atoms with van der Waals surface area (Å²) in [6.07, 6.45) is 1.32. The second-order valence-corrected chi connectivity index (χ2v) is 4.62. The van der Waals surface area contributed by atoms with E-state index in [0.29, 0.717) is 0 Å². The Morgan fingerprint density at radius 1 is 1.29 bits per heavy atom. The molecule has 0 radical (unpaired) electrons. The van der Waals surface area contributed by atoms with Crippen molar-refractivity contribution in [2.45, 2.75) is 40.2 Å². The normalized spacial score (nSPS) is 12.6. The van der Waals surface area contributed by atoms with Crippen LogP contribution in [0.1, 0.15) is 31.4 Å². The van der Waals surface area contributed by atoms with E-state index in [9.17, 15) is 0 Å². The zero-order valence-corrected chi connectivity index (χ0v) is 10.8. The molecule has 0 bridgehead atoms. The van der Waals surface area contributed by atoms with E-state index < -0.39 is 0 Å². The Morgan fingerprint density at radius 3 is 2.21 bits per heavy atom. The molecule has 1 nitrogen and oxygen atoms in total. The van der Waals surface area contributed by atoms with Gasteiger partial charge in [0.25, 0.3) is 0 Å². The summed E-state index contributed by atoms with van der Waals surface area (Å²) in [5.41, 5.74) is 2.38. The average Bonchev–Trinajstić information content (AvgIpc) is 2.10. The molecule has 0 saturated heterocycles. The third kappa shape index (κ3) is 2.74. The number of halogens is 1. The van der Waals surface area contributed by atoms with E-state index in [4.69, 9.17) is 4.74 Å². The lowest BCUT2D eigenvalue weighted by Gasteiger charge is -2.17. The first-order valence-corrected chi connectivity index (χ1v) is 5.77. The van der Waals surface area contributed by atoms with E-state index in [1.807, 2.05) is 0 Å². The summed E-state index contributed by atoms with van der Waals surface area (Å²) in [4.78, 5) is 0. The highest BCUT2D eigenvalue weighted by Gasteiger charge is 2.08. The second-order valence-electron chi connectivity index (χ2n) is 3.71.